The lowest BCUT2D eigenvalue weighted by Gasteiger charge is -2.06. The summed E-state index contributed by atoms with van der Waals surface area (Å²) in [7, 11) is 0. The zero-order valence-corrected chi connectivity index (χ0v) is 8.71. The van der Waals surface area contributed by atoms with Gasteiger partial charge in [-0.1, -0.05) is 0 Å². The molecule has 0 saturated carbocycles. The van der Waals surface area contributed by atoms with Crippen molar-refractivity contribution in [1.29, 1.82) is 5.26 Å². The number of aldehydes is 1. The maximum Gasteiger partial charge on any atom is 0.168 e. The predicted octanol–water partition coefficient (Wildman–Crippen LogP) is 1.86. The zero-order chi connectivity index (χ0) is 11.5. The lowest BCUT2D eigenvalue weighted by atomic mass is 10.2. The molecule has 0 atom stereocenters. The van der Waals surface area contributed by atoms with Gasteiger partial charge in [-0.05, 0) is 31.2 Å². The third kappa shape index (κ3) is 1.59. The van der Waals surface area contributed by atoms with Crippen LogP contribution >= 0.6 is 0 Å². The van der Waals surface area contributed by atoms with Crippen LogP contribution in [0.4, 0.5) is 0 Å². The summed E-state index contributed by atoms with van der Waals surface area (Å²) in [4.78, 5) is 14.9. The molecule has 2 aromatic rings. The van der Waals surface area contributed by atoms with Gasteiger partial charge in [-0.15, -0.1) is 0 Å². The van der Waals surface area contributed by atoms with E-state index in [1.165, 1.54) is 6.20 Å². The molecule has 78 valence electrons. The Morgan fingerprint density at radius 3 is 2.62 bits per heavy atom. The molecule has 0 bridgehead atoms. The summed E-state index contributed by atoms with van der Waals surface area (Å²) in [6.45, 7) is 1.82. The summed E-state index contributed by atoms with van der Waals surface area (Å²) >= 11 is 0. The molecule has 0 fully saturated rings. The molecule has 0 aliphatic heterocycles. The van der Waals surface area contributed by atoms with Crippen molar-refractivity contribution in [2.75, 3.05) is 0 Å². The predicted molar refractivity (Wildman–Crippen MR) is 58.4 cm³/mol. The Balaban J connectivity index is 2.54. The van der Waals surface area contributed by atoms with E-state index in [-0.39, 0.29) is 0 Å². The highest BCUT2D eigenvalue weighted by Gasteiger charge is 2.07. The van der Waals surface area contributed by atoms with Gasteiger partial charge in [0, 0.05) is 5.69 Å². The van der Waals surface area contributed by atoms with Gasteiger partial charge in [0.15, 0.2) is 6.29 Å². The molecule has 0 aliphatic rings. The molecule has 0 amide bonds. The number of carbonyl (C=O) groups excluding carboxylic acids is 1. The second-order valence-electron chi connectivity index (χ2n) is 3.34. The Labute approximate surface area is 92.8 Å². The topological polar surface area (TPSA) is 58.7 Å². The van der Waals surface area contributed by atoms with Crippen LogP contribution in [0.25, 0.3) is 5.69 Å². The summed E-state index contributed by atoms with van der Waals surface area (Å²) in [5.41, 5.74) is 1.92. The Hall–Kier alpha value is -2.41. The second-order valence-corrected chi connectivity index (χ2v) is 3.34. The van der Waals surface area contributed by atoms with Gasteiger partial charge >= 0.3 is 0 Å². The molecular formula is C12H9N3O. The molecule has 1 aromatic heterocycles. The normalized spacial score (nSPS) is 9.75. The second kappa shape index (κ2) is 3.99. The molecule has 1 heterocycles. The fourth-order valence-corrected chi connectivity index (χ4v) is 1.57. The number of rotatable bonds is 2. The number of carbonyl (C=O) groups is 1. The van der Waals surface area contributed by atoms with Crippen LogP contribution in [0.5, 0.6) is 0 Å². The third-order valence-corrected chi connectivity index (χ3v) is 2.34. The Morgan fingerprint density at radius 2 is 2.06 bits per heavy atom. The molecule has 0 aliphatic carbocycles. The number of nitrogens with zero attached hydrogens (tertiary/aromatic N) is 3. The summed E-state index contributed by atoms with van der Waals surface area (Å²) in [5, 5.41) is 8.69. The van der Waals surface area contributed by atoms with E-state index in [9.17, 15) is 4.79 Å². The van der Waals surface area contributed by atoms with Crippen molar-refractivity contribution < 1.29 is 4.79 Å². The number of nitriles is 1. The van der Waals surface area contributed by atoms with E-state index in [1.807, 2.05) is 13.0 Å². The van der Waals surface area contributed by atoms with Gasteiger partial charge in [0.25, 0.3) is 0 Å². The molecule has 4 nitrogen and oxygen atoms in total. The van der Waals surface area contributed by atoms with Crippen molar-refractivity contribution in [2.45, 2.75) is 6.92 Å². The minimum Gasteiger partial charge on any atom is -0.296 e. The fraction of sp³-hybridized carbons (Fsp3) is 0.0833. The van der Waals surface area contributed by atoms with Crippen LogP contribution in [-0.2, 0) is 0 Å². The number of hydrogen-bond donors (Lipinski definition) is 0. The van der Waals surface area contributed by atoms with Crippen LogP contribution in [0.2, 0.25) is 0 Å². The van der Waals surface area contributed by atoms with E-state index in [1.54, 1.807) is 28.8 Å². The van der Waals surface area contributed by atoms with Crippen molar-refractivity contribution in [3.63, 3.8) is 0 Å². The van der Waals surface area contributed by atoms with Gasteiger partial charge in [0.1, 0.15) is 11.5 Å². The Bertz CT molecular complexity index is 561. The molecule has 0 radical (unpaired) electrons. The fourth-order valence-electron chi connectivity index (χ4n) is 1.57. The van der Waals surface area contributed by atoms with Gasteiger partial charge in [-0.25, -0.2) is 4.98 Å². The molecule has 2 rings (SSSR count). The monoisotopic (exact) mass is 211 g/mol. The standard InChI is InChI=1S/C12H9N3O/c1-9-14-7-12(8-16)15(9)11-4-2-10(6-13)3-5-11/h2-5,7-8H,1H3. The van der Waals surface area contributed by atoms with Crippen LogP contribution in [0.3, 0.4) is 0 Å². The third-order valence-electron chi connectivity index (χ3n) is 2.34. The maximum atomic E-state index is 10.8. The van der Waals surface area contributed by atoms with E-state index < -0.39 is 0 Å². The largest absolute Gasteiger partial charge is 0.296 e. The van der Waals surface area contributed by atoms with Crippen LogP contribution in [0.1, 0.15) is 21.9 Å². The molecule has 0 N–H and O–H groups in total. The van der Waals surface area contributed by atoms with E-state index in [2.05, 4.69) is 4.98 Å². The molecule has 4 heteroatoms. The van der Waals surface area contributed by atoms with E-state index >= 15 is 0 Å². The first kappa shape index (κ1) is 10.1. The van der Waals surface area contributed by atoms with Crippen molar-refractivity contribution in [3.05, 3.63) is 47.5 Å². The minimum atomic E-state index is 0.502. The van der Waals surface area contributed by atoms with Gasteiger partial charge < -0.3 is 0 Å². The van der Waals surface area contributed by atoms with E-state index in [0.29, 0.717) is 11.3 Å². The summed E-state index contributed by atoms with van der Waals surface area (Å²) in [6.07, 6.45) is 2.29. The van der Waals surface area contributed by atoms with Crippen LogP contribution in [-0.4, -0.2) is 15.8 Å². The molecular weight excluding hydrogens is 202 g/mol. The van der Waals surface area contributed by atoms with Gasteiger partial charge in [0.05, 0.1) is 17.8 Å². The zero-order valence-electron chi connectivity index (χ0n) is 8.71. The van der Waals surface area contributed by atoms with Crippen LogP contribution in [0.15, 0.2) is 30.5 Å². The molecule has 0 spiro atoms. The summed E-state index contributed by atoms with van der Waals surface area (Å²) < 4.78 is 1.74. The smallest absolute Gasteiger partial charge is 0.168 e. The first-order chi connectivity index (χ1) is 7.76. The molecule has 0 saturated heterocycles. The van der Waals surface area contributed by atoms with Crippen LogP contribution in [0, 0.1) is 18.3 Å². The number of hydrogen-bond acceptors (Lipinski definition) is 3. The molecule has 1 aromatic carbocycles. The van der Waals surface area contributed by atoms with Gasteiger partial charge in [-0.2, -0.15) is 5.26 Å². The number of aryl methyl sites for hydroxylation is 1. The highest BCUT2D eigenvalue weighted by molar-refractivity contribution is 5.73. The van der Waals surface area contributed by atoms with E-state index in [0.717, 1.165) is 17.8 Å². The van der Waals surface area contributed by atoms with Crippen molar-refractivity contribution in [3.8, 4) is 11.8 Å². The number of benzene rings is 1. The average Bonchev–Trinajstić information content (AvgIpc) is 2.70. The average molecular weight is 211 g/mol. The number of aromatic nitrogens is 2. The minimum absolute atomic E-state index is 0.502. The Morgan fingerprint density at radius 1 is 1.38 bits per heavy atom. The Kier molecular flexibility index (Phi) is 2.52. The summed E-state index contributed by atoms with van der Waals surface area (Å²) in [5.74, 6) is 0.742. The van der Waals surface area contributed by atoms with Crippen molar-refractivity contribution in [1.82, 2.24) is 9.55 Å². The van der Waals surface area contributed by atoms with Gasteiger partial charge in [0.2, 0.25) is 0 Å². The summed E-state index contributed by atoms with van der Waals surface area (Å²) in [6, 6.07) is 9.06. The van der Waals surface area contributed by atoms with Crippen molar-refractivity contribution >= 4 is 6.29 Å². The van der Waals surface area contributed by atoms with Gasteiger partial charge in [-0.3, -0.25) is 9.36 Å². The lowest BCUT2D eigenvalue weighted by molar-refractivity contribution is 0.111. The SMILES string of the molecule is Cc1ncc(C=O)n1-c1ccc(C#N)cc1. The lowest BCUT2D eigenvalue weighted by Crippen LogP contribution is -2.01. The molecule has 16 heavy (non-hydrogen) atoms. The highest BCUT2D eigenvalue weighted by atomic mass is 16.1. The molecule has 0 unspecified atom stereocenters. The maximum absolute atomic E-state index is 10.8. The quantitative estimate of drug-likeness (QED) is 0.712. The first-order valence-electron chi connectivity index (χ1n) is 4.76. The number of imidazole rings is 1. The van der Waals surface area contributed by atoms with Crippen LogP contribution < -0.4 is 0 Å². The highest BCUT2D eigenvalue weighted by Crippen LogP contribution is 2.14. The van der Waals surface area contributed by atoms with E-state index in [4.69, 9.17) is 5.26 Å². The first-order valence-corrected chi connectivity index (χ1v) is 4.76. The van der Waals surface area contributed by atoms with Crippen molar-refractivity contribution in [2.24, 2.45) is 0 Å².